The maximum atomic E-state index is 12.7. The second-order valence-corrected chi connectivity index (χ2v) is 6.96. The molecule has 1 aromatic carbocycles. The number of hydrogen-bond donors (Lipinski definition) is 0. The summed E-state index contributed by atoms with van der Waals surface area (Å²) in [5.41, 5.74) is -0.494. The van der Waals surface area contributed by atoms with E-state index in [1.54, 1.807) is 23.1 Å². The minimum absolute atomic E-state index is 0.208. The average molecular weight is 385 g/mol. The van der Waals surface area contributed by atoms with E-state index in [2.05, 4.69) is 15.3 Å². The molecule has 1 fully saturated rings. The van der Waals surface area contributed by atoms with Crippen LogP contribution in [0, 0.1) is 0 Å². The van der Waals surface area contributed by atoms with Crippen molar-refractivity contribution in [2.45, 2.75) is 18.9 Å². The Balaban J connectivity index is 1.91. The fourth-order valence-electron chi connectivity index (χ4n) is 2.88. The third-order valence-corrected chi connectivity index (χ3v) is 4.92. The molecule has 10 heteroatoms. The van der Waals surface area contributed by atoms with Crippen LogP contribution in [-0.4, -0.2) is 68.8 Å². The summed E-state index contributed by atoms with van der Waals surface area (Å²) in [5, 5.41) is 7.98. The van der Waals surface area contributed by atoms with E-state index in [4.69, 9.17) is 23.2 Å². The lowest BCUT2D eigenvalue weighted by atomic mass is 10.1. The molecule has 1 aliphatic rings. The third kappa shape index (κ3) is 3.42. The normalized spacial score (nSPS) is 18.0. The molecule has 0 spiro atoms. The number of benzene rings is 1. The van der Waals surface area contributed by atoms with Gasteiger partial charge in [-0.1, -0.05) is 29.3 Å². The van der Waals surface area contributed by atoms with Gasteiger partial charge >= 0.3 is 11.7 Å². The van der Waals surface area contributed by atoms with Crippen LogP contribution >= 0.6 is 23.2 Å². The molecule has 1 unspecified atom stereocenters. The van der Waals surface area contributed by atoms with Gasteiger partial charge in [0.05, 0.1) is 10.0 Å². The van der Waals surface area contributed by atoms with Crippen molar-refractivity contribution >= 4 is 29.2 Å². The molecular formula is C15H18Cl2N6O2. The zero-order valence-corrected chi connectivity index (χ0v) is 15.4. The molecule has 0 bridgehead atoms. The molecule has 0 aliphatic carbocycles. The smallest absolute Gasteiger partial charge is 0.321 e. The van der Waals surface area contributed by atoms with E-state index < -0.39 is 11.7 Å². The van der Waals surface area contributed by atoms with Gasteiger partial charge < -0.3 is 9.80 Å². The van der Waals surface area contributed by atoms with Crippen molar-refractivity contribution in [1.82, 2.24) is 29.6 Å². The Labute approximate surface area is 154 Å². The molecule has 3 rings (SSSR count). The lowest BCUT2D eigenvalue weighted by Gasteiger charge is -2.35. The van der Waals surface area contributed by atoms with Crippen LogP contribution < -0.4 is 5.69 Å². The predicted octanol–water partition coefficient (Wildman–Crippen LogP) is 1.73. The second kappa shape index (κ2) is 7.15. The van der Waals surface area contributed by atoms with Crippen LogP contribution in [0.25, 0.3) is 5.69 Å². The van der Waals surface area contributed by atoms with E-state index >= 15 is 0 Å². The second-order valence-electron chi connectivity index (χ2n) is 6.14. The Kier molecular flexibility index (Phi) is 5.12. The number of likely N-dealkylation sites (N-methyl/N-ethyl adjacent to an activating group) is 1. The maximum Gasteiger partial charge on any atom is 0.377 e. The first-order valence-electron chi connectivity index (χ1n) is 7.85. The fraction of sp³-hybridized carbons (Fsp3) is 0.467. The highest BCUT2D eigenvalue weighted by atomic mass is 35.5. The van der Waals surface area contributed by atoms with Crippen molar-refractivity contribution in [3.8, 4) is 5.69 Å². The number of hydrogen-bond acceptors (Lipinski definition) is 5. The van der Waals surface area contributed by atoms with E-state index in [1.807, 2.05) is 14.1 Å². The Morgan fingerprint density at radius 1 is 1.24 bits per heavy atom. The standard InChI is InChI=1S/C15H18Cl2N6O2/c1-20(2)10-5-4-8-21(9-10)14(24)23-15(25)22(18-19-23)13-11(16)6-3-7-12(13)17/h3,6-7,10H,4-5,8-9H2,1-2H3. The molecule has 25 heavy (non-hydrogen) atoms. The first kappa shape index (κ1) is 17.9. The van der Waals surface area contributed by atoms with Crippen molar-refractivity contribution in [3.05, 3.63) is 38.7 Å². The van der Waals surface area contributed by atoms with Crippen LogP contribution in [0.2, 0.25) is 10.0 Å². The molecule has 0 saturated carbocycles. The van der Waals surface area contributed by atoms with E-state index in [0.29, 0.717) is 13.1 Å². The minimum atomic E-state index is -0.702. The van der Waals surface area contributed by atoms with Crippen LogP contribution in [0.15, 0.2) is 23.0 Å². The summed E-state index contributed by atoms with van der Waals surface area (Å²) in [7, 11) is 3.95. The summed E-state index contributed by atoms with van der Waals surface area (Å²) >= 11 is 12.2. The molecule has 1 saturated heterocycles. The van der Waals surface area contributed by atoms with Crippen molar-refractivity contribution in [3.63, 3.8) is 0 Å². The van der Waals surface area contributed by atoms with Gasteiger partial charge in [0.15, 0.2) is 0 Å². The highest BCUT2D eigenvalue weighted by Gasteiger charge is 2.28. The summed E-state index contributed by atoms with van der Waals surface area (Å²) in [6, 6.07) is 4.58. The number of halogens is 2. The van der Waals surface area contributed by atoms with Crippen molar-refractivity contribution in [2.24, 2.45) is 0 Å². The number of tetrazole rings is 1. The van der Waals surface area contributed by atoms with Gasteiger partial charge in [-0.25, -0.2) is 9.59 Å². The molecular weight excluding hydrogens is 367 g/mol. The van der Waals surface area contributed by atoms with Crippen LogP contribution in [0.1, 0.15) is 12.8 Å². The number of carbonyl (C=O) groups excluding carboxylic acids is 1. The summed E-state index contributed by atoms with van der Waals surface area (Å²) in [6.07, 6.45) is 1.88. The first-order valence-corrected chi connectivity index (χ1v) is 8.61. The van der Waals surface area contributed by atoms with Gasteiger partial charge in [0.1, 0.15) is 5.69 Å². The molecule has 1 aromatic heterocycles. The maximum absolute atomic E-state index is 12.7. The van der Waals surface area contributed by atoms with Crippen LogP contribution in [0.4, 0.5) is 4.79 Å². The predicted molar refractivity (Wildman–Crippen MR) is 94.7 cm³/mol. The van der Waals surface area contributed by atoms with Gasteiger partial charge in [-0.15, -0.1) is 4.68 Å². The van der Waals surface area contributed by atoms with E-state index in [0.717, 1.165) is 22.2 Å². The Morgan fingerprint density at radius 2 is 1.92 bits per heavy atom. The summed E-state index contributed by atoms with van der Waals surface area (Å²) in [4.78, 5) is 29.0. The monoisotopic (exact) mass is 384 g/mol. The van der Waals surface area contributed by atoms with Crippen molar-refractivity contribution < 1.29 is 4.79 Å². The third-order valence-electron chi connectivity index (χ3n) is 4.31. The highest BCUT2D eigenvalue weighted by molar-refractivity contribution is 6.37. The van der Waals surface area contributed by atoms with Gasteiger partial charge in [-0.05, 0) is 49.5 Å². The lowest BCUT2D eigenvalue weighted by molar-refractivity contribution is 0.138. The lowest BCUT2D eigenvalue weighted by Crippen LogP contribution is -2.50. The number of para-hydroxylation sites is 1. The zero-order valence-electron chi connectivity index (χ0n) is 13.9. The van der Waals surface area contributed by atoms with Crippen molar-refractivity contribution in [1.29, 1.82) is 0 Å². The number of carbonyl (C=O) groups is 1. The summed E-state index contributed by atoms with van der Waals surface area (Å²) in [6.45, 7) is 1.12. The Hall–Kier alpha value is -1.90. The molecule has 1 aliphatic heterocycles. The van der Waals surface area contributed by atoms with E-state index in [-0.39, 0.29) is 21.8 Å². The number of aromatic nitrogens is 4. The number of likely N-dealkylation sites (tertiary alicyclic amines) is 1. The number of rotatable bonds is 2. The molecule has 2 heterocycles. The van der Waals surface area contributed by atoms with Crippen LogP contribution in [0.5, 0.6) is 0 Å². The molecule has 1 amide bonds. The van der Waals surface area contributed by atoms with Crippen molar-refractivity contribution in [2.75, 3.05) is 27.2 Å². The molecule has 1 atom stereocenters. The molecule has 134 valence electrons. The topological polar surface area (TPSA) is 76.3 Å². The zero-order chi connectivity index (χ0) is 18.1. The average Bonchev–Trinajstić information content (AvgIpc) is 2.96. The fourth-order valence-corrected chi connectivity index (χ4v) is 3.44. The highest BCUT2D eigenvalue weighted by Crippen LogP contribution is 2.26. The largest absolute Gasteiger partial charge is 0.377 e. The van der Waals surface area contributed by atoms with E-state index in [1.165, 1.54) is 0 Å². The van der Waals surface area contributed by atoms with Gasteiger partial charge in [0.2, 0.25) is 0 Å². The van der Waals surface area contributed by atoms with Gasteiger partial charge in [0.25, 0.3) is 0 Å². The summed E-state index contributed by atoms with van der Waals surface area (Å²) < 4.78 is 1.69. The first-order chi connectivity index (χ1) is 11.9. The van der Waals surface area contributed by atoms with E-state index in [9.17, 15) is 9.59 Å². The molecule has 8 nitrogen and oxygen atoms in total. The minimum Gasteiger partial charge on any atom is -0.321 e. The molecule has 2 aromatic rings. The van der Waals surface area contributed by atoms with Crippen LogP contribution in [-0.2, 0) is 0 Å². The van der Waals surface area contributed by atoms with Gasteiger partial charge in [0, 0.05) is 19.1 Å². The summed E-state index contributed by atoms with van der Waals surface area (Å²) in [5.74, 6) is 0. The number of nitrogens with zero attached hydrogens (tertiary/aromatic N) is 6. The SMILES string of the molecule is CN(C)C1CCCN(C(=O)n2nnn(-c3c(Cl)cccc3Cl)c2=O)C1. The Morgan fingerprint density at radius 3 is 2.56 bits per heavy atom. The molecule has 0 radical (unpaired) electrons. The van der Waals surface area contributed by atoms with Crippen LogP contribution in [0.3, 0.4) is 0 Å². The quantitative estimate of drug-likeness (QED) is 0.736. The van der Waals surface area contributed by atoms with Gasteiger partial charge in [-0.2, -0.15) is 4.68 Å². The Bertz CT molecular complexity index is 827. The number of amides is 1. The molecule has 0 N–H and O–H groups in total. The number of piperidine rings is 1. The van der Waals surface area contributed by atoms with Gasteiger partial charge in [-0.3, -0.25) is 0 Å².